The molecule has 0 fully saturated rings. The Bertz CT molecular complexity index is 1120. The molecule has 4 aromatic carbocycles. The third-order valence-electron chi connectivity index (χ3n) is 7.13. The number of benzene rings is 4. The van der Waals surface area contributed by atoms with Crippen LogP contribution in [0.3, 0.4) is 0 Å². The summed E-state index contributed by atoms with van der Waals surface area (Å²) >= 11 is 4.64. The van der Waals surface area contributed by atoms with E-state index >= 15 is 0 Å². The Kier molecular flexibility index (Phi) is 8.07. The van der Waals surface area contributed by atoms with E-state index in [1.165, 1.54) is 50.9 Å². The molecule has 166 valence electrons. The van der Waals surface area contributed by atoms with Gasteiger partial charge >= 0.3 is 26.2 Å². The van der Waals surface area contributed by atoms with Crippen LogP contribution in [0.25, 0.3) is 22.3 Å². The molecule has 0 heterocycles. The van der Waals surface area contributed by atoms with E-state index in [2.05, 4.69) is 128 Å². The van der Waals surface area contributed by atoms with Crippen LogP contribution in [0.15, 0.2) is 109 Å². The van der Waals surface area contributed by atoms with Crippen molar-refractivity contribution in [2.75, 3.05) is 6.38 Å². The molecule has 0 radical (unpaired) electrons. The van der Waals surface area contributed by atoms with Gasteiger partial charge in [0, 0.05) is 18.2 Å². The van der Waals surface area contributed by atoms with E-state index in [1.54, 1.807) is 0 Å². The smallest absolute Gasteiger partial charge is 0.130 e. The predicted octanol–water partition coefficient (Wildman–Crippen LogP) is 9.05. The number of hydrogen-bond acceptors (Lipinski definition) is 0. The van der Waals surface area contributed by atoms with Crippen molar-refractivity contribution in [3.8, 4) is 22.3 Å². The Morgan fingerprint density at radius 3 is 1.18 bits per heavy atom. The van der Waals surface area contributed by atoms with Gasteiger partial charge in [-0.3, -0.25) is 0 Å². The van der Waals surface area contributed by atoms with Gasteiger partial charge in [-0.25, -0.2) is 0 Å². The molecule has 0 aromatic heterocycles. The predicted molar refractivity (Wildman–Crippen MR) is 142 cm³/mol. The molecule has 2 aliphatic rings. The normalized spacial score (nSPS) is 13.5. The fourth-order valence-electron chi connectivity index (χ4n) is 5.93. The van der Waals surface area contributed by atoms with E-state index in [4.69, 9.17) is 0 Å². The van der Waals surface area contributed by atoms with Crippen molar-refractivity contribution in [1.82, 2.24) is 0 Å². The van der Waals surface area contributed by atoms with Crippen LogP contribution in [0.5, 0.6) is 0 Å². The Balaban J connectivity index is 0.000000890. The molecule has 4 aromatic rings. The van der Waals surface area contributed by atoms with Gasteiger partial charge in [0.1, 0.15) is 0 Å². The summed E-state index contributed by atoms with van der Waals surface area (Å²) in [5.41, 5.74) is 11.5. The third kappa shape index (κ3) is 4.08. The van der Waals surface area contributed by atoms with Gasteiger partial charge in [-0.15, -0.1) is 11.6 Å². The summed E-state index contributed by atoms with van der Waals surface area (Å²) in [5.74, 6) is 1.09. The maximum Gasteiger partial charge on any atom is 2.00 e. The molecule has 0 unspecified atom stereocenters. The van der Waals surface area contributed by atoms with Gasteiger partial charge in [0.05, 0.1) is 0 Å². The second kappa shape index (κ2) is 11.0. The average molecular weight is 540 g/mol. The summed E-state index contributed by atoms with van der Waals surface area (Å²) in [5, 5.41) is 0. The van der Waals surface area contributed by atoms with Crippen LogP contribution in [0.4, 0.5) is 0 Å². The molecule has 0 atom stereocenters. The molecule has 0 N–H and O–H groups in total. The number of halogens is 1. The molecule has 0 spiro atoms. The zero-order valence-corrected chi connectivity index (χ0v) is 22.9. The molecular weight excluding hydrogens is 511 g/mol. The second-order valence-electron chi connectivity index (χ2n) is 8.72. The van der Waals surface area contributed by atoms with E-state index in [9.17, 15) is 0 Å². The van der Waals surface area contributed by atoms with Crippen molar-refractivity contribution in [3.63, 3.8) is 0 Å². The first kappa shape index (κ1) is 24.9. The van der Waals surface area contributed by atoms with Crippen LogP contribution in [-0.2, 0) is 26.2 Å². The van der Waals surface area contributed by atoms with Crippen LogP contribution < -0.4 is 0 Å². The van der Waals surface area contributed by atoms with E-state index in [0.717, 1.165) is 6.42 Å². The van der Waals surface area contributed by atoms with Crippen molar-refractivity contribution in [2.45, 2.75) is 25.2 Å². The minimum absolute atomic E-state index is 0. The molecule has 0 bridgehead atoms. The van der Waals surface area contributed by atoms with Crippen LogP contribution in [0, 0.1) is 5.92 Å². The van der Waals surface area contributed by atoms with Gasteiger partial charge in [-0.1, -0.05) is 116 Å². The van der Waals surface area contributed by atoms with E-state index in [0.29, 0.717) is 17.8 Å². The molecule has 0 saturated carbocycles. The molecule has 6 rings (SSSR count). The largest absolute Gasteiger partial charge is 2.00 e. The van der Waals surface area contributed by atoms with Crippen molar-refractivity contribution >= 4 is 11.6 Å². The quantitative estimate of drug-likeness (QED) is 0.179. The number of alkyl halides is 1. The number of hydrogen-bond donors (Lipinski definition) is 0. The first-order chi connectivity index (χ1) is 16.4. The van der Waals surface area contributed by atoms with Crippen LogP contribution >= 0.6 is 11.6 Å². The number of allylic oxidation sites excluding steroid dienone is 2. The minimum Gasteiger partial charge on any atom is -0.130 e. The molecular formula is C32H29ClZr+2. The Labute approximate surface area is 227 Å². The van der Waals surface area contributed by atoms with Gasteiger partial charge in [-0.05, 0) is 56.8 Å². The molecule has 0 amide bonds. The monoisotopic (exact) mass is 538 g/mol. The van der Waals surface area contributed by atoms with Crippen molar-refractivity contribution in [2.24, 2.45) is 5.92 Å². The molecule has 0 nitrogen and oxygen atoms in total. The fourth-order valence-corrected chi connectivity index (χ4v) is 5.93. The number of fused-ring (bicyclic) bond motifs is 6. The third-order valence-corrected chi connectivity index (χ3v) is 7.13. The second-order valence-corrected chi connectivity index (χ2v) is 8.72. The van der Waals surface area contributed by atoms with Gasteiger partial charge in [0.25, 0.3) is 0 Å². The zero-order valence-electron chi connectivity index (χ0n) is 19.7. The SMILES string of the molecule is CC/C=C/C(C1c2ccccc2-c2ccccc21)C1c2ccccc2-c2ccccc21.CCl.[Zr+2]. The summed E-state index contributed by atoms with van der Waals surface area (Å²) < 4.78 is 0. The molecule has 2 heteroatoms. The van der Waals surface area contributed by atoms with Crippen LogP contribution in [0.2, 0.25) is 0 Å². The maximum absolute atomic E-state index is 4.64. The van der Waals surface area contributed by atoms with E-state index in [-0.39, 0.29) is 26.2 Å². The maximum atomic E-state index is 4.64. The van der Waals surface area contributed by atoms with Crippen molar-refractivity contribution in [1.29, 1.82) is 0 Å². The molecule has 2 aliphatic carbocycles. The van der Waals surface area contributed by atoms with Crippen molar-refractivity contribution < 1.29 is 26.2 Å². The fraction of sp³-hybridized carbons (Fsp3) is 0.188. The van der Waals surface area contributed by atoms with Gasteiger partial charge in [0.2, 0.25) is 0 Å². The Hall–Kier alpha value is -2.21. The summed E-state index contributed by atoms with van der Waals surface area (Å²) in [7, 11) is 0. The van der Waals surface area contributed by atoms with Crippen LogP contribution in [-0.4, -0.2) is 6.38 Å². The minimum atomic E-state index is 0. The number of rotatable bonds is 4. The van der Waals surface area contributed by atoms with E-state index in [1.807, 2.05) is 0 Å². The molecule has 34 heavy (non-hydrogen) atoms. The average Bonchev–Trinajstić information content (AvgIpc) is 3.40. The summed E-state index contributed by atoms with van der Waals surface area (Å²) in [4.78, 5) is 0. The molecule has 0 saturated heterocycles. The van der Waals surface area contributed by atoms with Gasteiger partial charge in [0.15, 0.2) is 0 Å². The van der Waals surface area contributed by atoms with Gasteiger partial charge < -0.3 is 0 Å². The molecule has 0 aliphatic heterocycles. The summed E-state index contributed by atoms with van der Waals surface area (Å²) in [6, 6.07) is 36.1. The Morgan fingerprint density at radius 1 is 0.588 bits per heavy atom. The van der Waals surface area contributed by atoms with Crippen LogP contribution in [0.1, 0.15) is 47.4 Å². The Morgan fingerprint density at radius 2 is 0.882 bits per heavy atom. The van der Waals surface area contributed by atoms with Crippen molar-refractivity contribution in [3.05, 3.63) is 131 Å². The van der Waals surface area contributed by atoms with E-state index < -0.39 is 0 Å². The first-order valence-electron chi connectivity index (χ1n) is 11.8. The zero-order chi connectivity index (χ0) is 22.8. The first-order valence-corrected chi connectivity index (χ1v) is 12.5. The summed E-state index contributed by atoms with van der Waals surface area (Å²) in [6.07, 6.45) is 7.41. The standard InChI is InChI=1S/C31H26.CH3Cl.Zr/c1-2-3-12-29(30-25-17-8-4-13-21(25)22-14-5-9-18-26(22)30)31-27-19-10-6-15-23(27)24-16-7-11-20-28(24)31;1-2;/h3-20,29-31H,2H2,1H3;1H3;/q;;+2/b12-3+;;. The summed E-state index contributed by atoms with van der Waals surface area (Å²) in [6.45, 7) is 2.24. The topological polar surface area (TPSA) is 0 Å². The van der Waals surface area contributed by atoms with Gasteiger partial charge in [-0.2, -0.15) is 0 Å².